The predicted molar refractivity (Wildman–Crippen MR) is 215 cm³/mol. The van der Waals surface area contributed by atoms with Crippen LogP contribution in [0.4, 0.5) is 17.1 Å². The lowest BCUT2D eigenvalue weighted by Gasteiger charge is -2.28. The van der Waals surface area contributed by atoms with Crippen molar-refractivity contribution in [3.63, 3.8) is 0 Å². The molecule has 240 valence electrons. The minimum atomic E-state index is 1.11. The van der Waals surface area contributed by atoms with Crippen LogP contribution >= 0.6 is 0 Å². The lowest BCUT2D eigenvalue weighted by atomic mass is 9.99. The summed E-state index contributed by atoms with van der Waals surface area (Å²) in [5, 5.41) is 4.99. The molecule has 0 N–H and O–H groups in total. The van der Waals surface area contributed by atoms with Crippen LogP contribution in [0.15, 0.2) is 200 Å². The van der Waals surface area contributed by atoms with Crippen LogP contribution in [0.2, 0.25) is 0 Å². The Morgan fingerprint density at radius 2 is 0.725 bits per heavy atom. The molecule has 2 heterocycles. The van der Waals surface area contributed by atoms with E-state index in [2.05, 4.69) is 214 Å². The first-order valence-electron chi connectivity index (χ1n) is 17.5. The molecule has 0 radical (unpaired) electrons. The van der Waals surface area contributed by atoms with Gasteiger partial charge < -0.3 is 14.0 Å². The second-order valence-corrected chi connectivity index (χ2v) is 13.0. The highest BCUT2D eigenvalue weighted by Crippen LogP contribution is 2.45. The summed E-state index contributed by atoms with van der Waals surface area (Å²) in [6, 6.07) is 72.2. The maximum absolute atomic E-state index is 2.46. The van der Waals surface area contributed by atoms with Gasteiger partial charge in [0.2, 0.25) is 0 Å². The van der Waals surface area contributed by atoms with Gasteiger partial charge in [-0.25, -0.2) is 0 Å². The monoisotopic (exact) mass is 651 g/mol. The molecule has 0 saturated carbocycles. The van der Waals surface area contributed by atoms with Crippen molar-refractivity contribution in [1.29, 1.82) is 0 Å². The van der Waals surface area contributed by atoms with E-state index >= 15 is 0 Å². The van der Waals surface area contributed by atoms with Gasteiger partial charge in [-0.2, -0.15) is 0 Å². The quantitative estimate of drug-likeness (QED) is 0.174. The van der Waals surface area contributed by atoms with Gasteiger partial charge in [-0.3, -0.25) is 0 Å². The Bertz CT molecular complexity index is 2720. The molecule has 0 atom stereocenters. The number of benzene rings is 8. The Kier molecular flexibility index (Phi) is 6.81. The summed E-state index contributed by atoms with van der Waals surface area (Å²) in [6.07, 6.45) is 0. The van der Waals surface area contributed by atoms with Gasteiger partial charge in [0.25, 0.3) is 0 Å². The van der Waals surface area contributed by atoms with Gasteiger partial charge in [-0.15, -0.1) is 0 Å². The van der Waals surface area contributed by atoms with Crippen LogP contribution < -0.4 is 4.90 Å². The summed E-state index contributed by atoms with van der Waals surface area (Å²) in [7, 11) is 0. The van der Waals surface area contributed by atoms with Crippen LogP contribution in [-0.2, 0) is 0 Å². The van der Waals surface area contributed by atoms with E-state index in [1.165, 1.54) is 43.6 Å². The molecule has 0 aliphatic rings. The minimum absolute atomic E-state index is 1.11. The molecule has 0 unspecified atom stereocenters. The Morgan fingerprint density at radius 3 is 1.24 bits per heavy atom. The molecule has 8 aromatic carbocycles. The summed E-state index contributed by atoms with van der Waals surface area (Å²) in [4.78, 5) is 2.37. The molecule has 0 saturated heterocycles. The Morgan fingerprint density at radius 1 is 0.314 bits per heavy atom. The summed E-state index contributed by atoms with van der Waals surface area (Å²) in [6.45, 7) is 0. The van der Waals surface area contributed by atoms with Crippen molar-refractivity contribution in [1.82, 2.24) is 9.13 Å². The zero-order valence-corrected chi connectivity index (χ0v) is 27.9. The molecule has 10 aromatic rings. The third-order valence-corrected chi connectivity index (χ3v) is 10.1. The van der Waals surface area contributed by atoms with Crippen LogP contribution in [0.25, 0.3) is 66.1 Å². The first-order chi connectivity index (χ1) is 25.3. The highest BCUT2D eigenvalue weighted by atomic mass is 15.1. The number of aromatic nitrogens is 2. The SMILES string of the molecule is c1ccc(N(c2ccccc2)c2ccccc2-c2ccc(-n3c4ccccc4c4ccccc43)cc2-n2c3ccccc3c3ccccc32)cc1. The molecule has 0 bridgehead atoms. The lowest BCUT2D eigenvalue weighted by Crippen LogP contribution is -2.11. The molecule has 10 rings (SSSR count). The van der Waals surface area contributed by atoms with E-state index in [-0.39, 0.29) is 0 Å². The molecule has 0 amide bonds. The van der Waals surface area contributed by atoms with Gasteiger partial charge in [0.15, 0.2) is 0 Å². The zero-order chi connectivity index (χ0) is 33.7. The third-order valence-electron chi connectivity index (χ3n) is 10.1. The molecule has 3 nitrogen and oxygen atoms in total. The molecule has 2 aromatic heterocycles. The van der Waals surface area contributed by atoms with Gasteiger partial charge in [-0.05, 0) is 66.7 Å². The van der Waals surface area contributed by atoms with Crippen LogP contribution in [0, 0.1) is 0 Å². The fourth-order valence-corrected chi connectivity index (χ4v) is 7.93. The van der Waals surface area contributed by atoms with Gasteiger partial charge >= 0.3 is 0 Å². The first kappa shape index (κ1) is 29.1. The molecule has 51 heavy (non-hydrogen) atoms. The van der Waals surface area contributed by atoms with Gasteiger partial charge in [0.05, 0.1) is 33.4 Å². The Labute approximate surface area is 296 Å². The van der Waals surface area contributed by atoms with E-state index in [0.717, 1.165) is 39.6 Å². The molecular formula is C48H33N3. The molecule has 0 spiro atoms. The average Bonchev–Trinajstić information content (AvgIpc) is 3.72. The van der Waals surface area contributed by atoms with Crippen LogP contribution in [0.3, 0.4) is 0 Å². The Balaban J connectivity index is 1.31. The summed E-state index contributed by atoms with van der Waals surface area (Å²) in [5.74, 6) is 0. The highest BCUT2D eigenvalue weighted by Gasteiger charge is 2.22. The fraction of sp³-hybridized carbons (Fsp3) is 0. The molecule has 0 fully saturated rings. The normalized spacial score (nSPS) is 11.5. The number of fused-ring (bicyclic) bond motifs is 6. The summed E-state index contributed by atoms with van der Waals surface area (Å²) in [5.41, 5.74) is 12.6. The van der Waals surface area contributed by atoms with E-state index in [4.69, 9.17) is 0 Å². The van der Waals surface area contributed by atoms with Crippen molar-refractivity contribution in [2.75, 3.05) is 4.90 Å². The number of hydrogen-bond acceptors (Lipinski definition) is 1. The Hall–Kier alpha value is -6.84. The second-order valence-electron chi connectivity index (χ2n) is 13.0. The standard InChI is InChI=1S/C48H33N3/c1-3-17-34(18-4-1)49(35-19-5-2-6-20-35)43-26-12-7-25-41(43)42-32-31-36(50-44-27-13-8-21-37(44)38-22-9-14-28-45(38)50)33-48(42)51-46-29-15-10-23-39(46)40-24-11-16-30-47(40)51/h1-33H. The van der Waals surface area contributed by atoms with E-state index in [0.29, 0.717) is 0 Å². The average molecular weight is 652 g/mol. The van der Waals surface area contributed by atoms with E-state index in [1.807, 2.05) is 0 Å². The van der Waals surface area contributed by atoms with Gasteiger partial charge in [0.1, 0.15) is 0 Å². The molecular weight excluding hydrogens is 619 g/mol. The molecule has 0 aliphatic heterocycles. The summed E-state index contributed by atoms with van der Waals surface area (Å²) >= 11 is 0. The maximum Gasteiger partial charge on any atom is 0.0562 e. The van der Waals surface area contributed by atoms with Crippen molar-refractivity contribution >= 4 is 60.7 Å². The second kappa shape index (κ2) is 11.9. The van der Waals surface area contributed by atoms with Crippen molar-refractivity contribution in [2.45, 2.75) is 0 Å². The molecule has 0 aliphatic carbocycles. The van der Waals surface area contributed by atoms with E-state index in [1.54, 1.807) is 0 Å². The van der Waals surface area contributed by atoms with Crippen molar-refractivity contribution in [3.05, 3.63) is 200 Å². The third kappa shape index (κ3) is 4.67. The molecule has 3 heteroatoms. The first-order valence-corrected chi connectivity index (χ1v) is 17.5. The lowest BCUT2D eigenvalue weighted by molar-refractivity contribution is 1.13. The summed E-state index contributed by atoms with van der Waals surface area (Å²) < 4.78 is 4.88. The van der Waals surface area contributed by atoms with E-state index < -0.39 is 0 Å². The van der Waals surface area contributed by atoms with Crippen LogP contribution in [-0.4, -0.2) is 9.13 Å². The number of hydrogen-bond donors (Lipinski definition) is 0. The highest BCUT2D eigenvalue weighted by molar-refractivity contribution is 6.11. The number of rotatable bonds is 6. The van der Waals surface area contributed by atoms with Crippen LogP contribution in [0.1, 0.15) is 0 Å². The smallest absolute Gasteiger partial charge is 0.0562 e. The van der Waals surface area contributed by atoms with Crippen molar-refractivity contribution in [3.8, 4) is 22.5 Å². The fourth-order valence-electron chi connectivity index (χ4n) is 7.93. The number of nitrogens with zero attached hydrogens (tertiary/aromatic N) is 3. The topological polar surface area (TPSA) is 13.1 Å². The largest absolute Gasteiger partial charge is 0.310 e. The van der Waals surface area contributed by atoms with Gasteiger partial charge in [0, 0.05) is 49.7 Å². The maximum atomic E-state index is 2.46. The number of para-hydroxylation sites is 7. The van der Waals surface area contributed by atoms with Crippen LogP contribution in [0.5, 0.6) is 0 Å². The zero-order valence-electron chi connectivity index (χ0n) is 27.9. The minimum Gasteiger partial charge on any atom is -0.310 e. The van der Waals surface area contributed by atoms with E-state index in [9.17, 15) is 0 Å². The predicted octanol–water partition coefficient (Wildman–Crippen LogP) is 13.0. The van der Waals surface area contributed by atoms with Crippen molar-refractivity contribution in [2.24, 2.45) is 0 Å². The van der Waals surface area contributed by atoms with Gasteiger partial charge in [-0.1, -0.05) is 133 Å². The number of anilines is 3. The van der Waals surface area contributed by atoms with Crippen molar-refractivity contribution < 1.29 is 0 Å².